The highest BCUT2D eigenvalue weighted by atomic mass is 19.4. The van der Waals surface area contributed by atoms with Crippen molar-refractivity contribution in [1.82, 2.24) is 5.32 Å². The summed E-state index contributed by atoms with van der Waals surface area (Å²) in [6.07, 6.45) is -3.93. The van der Waals surface area contributed by atoms with E-state index < -0.39 is 12.1 Å². The van der Waals surface area contributed by atoms with Crippen LogP contribution in [0.25, 0.3) is 0 Å². The first kappa shape index (κ1) is 6.46. The van der Waals surface area contributed by atoms with Gasteiger partial charge in [0.15, 0.2) is 0 Å². The van der Waals surface area contributed by atoms with Gasteiger partial charge in [0.1, 0.15) is 0 Å². The number of nitrogens with one attached hydrogen (secondary N) is 1. The molecule has 1 saturated heterocycles. The third-order valence-electron chi connectivity index (χ3n) is 2.47. The van der Waals surface area contributed by atoms with Crippen LogP contribution < -0.4 is 5.32 Å². The summed E-state index contributed by atoms with van der Waals surface area (Å²) in [7, 11) is 0. The van der Waals surface area contributed by atoms with Crippen LogP contribution in [-0.2, 0) is 0 Å². The monoisotopic (exact) mass is 151 g/mol. The van der Waals surface area contributed by atoms with Crippen molar-refractivity contribution in [3.63, 3.8) is 0 Å². The average molecular weight is 151 g/mol. The van der Waals surface area contributed by atoms with Crippen LogP contribution >= 0.6 is 0 Å². The standard InChI is InChI=1S/C6H8F3N/c7-6(8,9)5-3-1-10-2-4(3)5/h3-5,10H,1-2H2/t3-,4+,5-. The maximum absolute atomic E-state index is 11.9. The van der Waals surface area contributed by atoms with Crippen molar-refractivity contribution < 1.29 is 13.2 Å². The average Bonchev–Trinajstić information content (AvgIpc) is 2.30. The van der Waals surface area contributed by atoms with Crippen LogP contribution in [0.5, 0.6) is 0 Å². The molecule has 1 heterocycles. The van der Waals surface area contributed by atoms with Crippen LogP contribution in [-0.4, -0.2) is 19.3 Å². The number of fused-ring (bicyclic) bond motifs is 1. The molecular formula is C6H8F3N. The van der Waals surface area contributed by atoms with Gasteiger partial charge >= 0.3 is 6.18 Å². The van der Waals surface area contributed by atoms with Gasteiger partial charge in [-0.3, -0.25) is 0 Å². The second kappa shape index (κ2) is 1.67. The molecule has 0 aromatic rings. The van der Waals surface area contributed by atoms with Crippen molar-refractivity contribution in [2.45, 2.75) is 6.18 Å². The molecular weight excluding hydrogens is 143 g/mol. The lowest BCUT2D eigenvalue weighted by Gasteiger charge is -2.07. The summed E-state index contributed by atoms with van der Waals surface area (Å²) < 4.78 is 35.8. The molecule has 0 aromatic carbocycles. The maximum Gasteiger partial charge on any atom is 0.392 e. The van der Waals surface area contributed by atoms with Crippen molar-refractivity contribution in [2.75, 3.05) is 13.1 Å². The molecule has 1 N–H and O–H groups in total. The lowest BCUT2D eigenvalue weighted by atomic mass is 10.3. The minimum Gasteiger partial charge on any atom is -0.316 e. The first-order valence-electron chi connectivity index (χ1n) is 3.38. The molecule has 1 aliphatic carbocycles. The zero-order chi connectivity index (χ0) is 7.35. The zero-order valence-electron chi connectivity index (χ0n) is 5.28. The van der Waals surface area contributed by atoms with E-state index in [1.807, 2.05) is 0 Å². The number of alkyl halides is 3. The summed E-state index contributed by atoms with van der Waals surface area (Å²) in [5, 5.41) is 2.92. The molecule has 0 radical (unpaired) electrons. The third-order valence-corrected chi connectivity index (χ3v) is 2.47. The van der Waals surface area contributed by atoms with Gasteiger partial charge in [-0.05, 0) is 24.9 Å². The molecule has 1 saturated carbocycles. The van der Waals surface area contributed by atoms with Crippen LogP contribution in [0.4, 0.5) is 13.2 Å². The zero-order valence-corrected chi connectivity index (χ0v) is 5.28. The normalized spacial score (nSPS) is 45.3. The van der Waals surface area contributed by atoms with Crippen LogP contribution in [0.3, 0.4) is 0 Å². The minimum absolute atomic E-state index is 0.0972. The Morgan fingerprint density at radius 1 is 1.10 bits per heavy atom. The van der Waals surface area contributed by atoms with Crippen LogP contribution in [0.2, 0.25) is 0 Å². The van der Waals surface area contributed by atoms with Gasteiger partial charge in [-0.2, -0.15) is 13.2 Å². The summed E-state index contributed by atoms with van der Waals surface area (Å²) in [5.74, 6) is -1.17. The molecule has 58 valence electrons. The fraction of sp³-hybridized carbons (Fsp3) is 1.00. The minimum atomic E-state index is -3.93. The SMILES string of the molecule is FC(F)(F)[C@@H]1[C@@H]2CNC[C@@H]21. The quantitative estimate of drug-likeness (QED) is 0.545. The molecule has 1 aliphatic heterocycles. The van der Waals surface area contributed by atoms with E-state index in [4.69, 9.17) is 0 Å². The molecule has 0 amide bonds. The van der Waals surface area contributed by atoms with Crippen molar-refractivity contribution >= 4 is 0 Å². The maximum atomic E-state index is 11.9. The highest BCUT2D eigenvalue weighted by Crippen LogP contribution is 2.56. The number of rotatable bonds is 0. The topological polar surface area (TPSA) is 12.0 Å². The smallest absolute Gasteiger partial charge is 0.316 e. The van der Waals surface area contributed by atoms with Crippen molar-refractivity contribution in [2.24, 2.45) is 17.8 Å². The van der Waals surface area contributed by atoms with Gasteiger partial charge in [-0.15, -0.1) is 0 Å². The van der Waals surface area contributed by atoms with Gasteiger partial charge in [-0.25, -0.2) is 0 Å². The summed E-state index contributed by atoms with van der Waals surface area (Å²) in [4.78, 5) is 0. The summed E-state index contributed by atoms with van der Waals surface area (Å²) in [6, 6.07) is 0. The van der Waals surface area contributed by atoms with Crippen LogP contribution in [0.1, 0.15) is 0 Å². The number of hydrogen-bond donors (Lipinski definition) is 1. The molecule has 2 rings (SSSR count). The fourth-order valence-corrected chi connectivity index (χ4v) is 1.90. The third kappa shape index (κ3) is 0.746. The Morgan fingerprint density at radius 2 is 1.60 bits per heavy atom. The second-order valence-electron chi connectivity index (χ2n) is 3.05. The molecule has 0 unspecified atom stereocenters. The number of halogens is 3. The highest BCUT2D eigenvalue weighted by Gasteiger charge is 2.65. The predicted molar refractivity (Wildman–Crippen MR) is 29.4 cm³/mol. The molecule has 1 nitrogen and oxygen atoms in total. The van der Waals surface area contributed by atoms with E-state index >= 15 is 0 Å². The van der Waals surface area contributed by atoms with E-state index in [0.29, 0.717) is 13.1 Å². The Balaban J connectivity index is 2.01. The Hall–Kier alpha value is -0.250. The van der Waals surface area contributed by atoms with Crippen molar-refractivity contribution in [3.8, 4) is 0 Å². The van der Waals surface area contributed by atoms with Crippen LogP contribution in [0, 0.1) is 17.8 Å². The molecule has 0 spiro atoms. The first-order valence-corrected chi connectivity index (χ1v) is 3.38. The summed E-state index contributed by atoms with van der Waals surface area (Å²) >= 11 is 0. The molecule has 10 heavy (non-hydrogen) atoms. The van der Waals surface area contributed by atoms with Gasteiger partial charge < -0.3 is 5.32 Å². The van der Waals surface area contributed by atoms with Gasteiger partial charge in [-0.1, -0.05) is 0 Å². The van der Waals surface area contributed by atoms with Crippen molar-refractivity contribution in [3.05, 3.63) is 0 Å². The van der Waals surface area contributed by atoms with Gasteiger partial charge in [0.25, 0.3) is 0 Å². The highest BCUT2D eigenvalue weighted by molar-refractivity contribution is 5.06. The van der Waals surface area contributed by atoms with Crippen molar-refractivity contribution in [1.29, 1.82) is 0 Å². The van der Waals surface area contributed by atoms with E-state index in [0.717, 1.165) is 0 Å². The van der Waals surface area contributed by atoms with E-state index in [2.05, 4.69) is 5.32 Å². The summed E-state index contributed by atoms with van der Waals surface area (Å²) in [5.41, 5.74) is 0. The Kier molecular flexibility index (Phi) is 1.08. The molecule has 2 fully saturated rings. The lowest BCUT2D eigenvalue weighted by Crippen LogP contribution is -2.23. The second-order valence-corrected chi connectivity index (χ2v) is 3.05. The largest absolute Gasteiger partial charge is 0.392 e. The van der Waals surface area contributed by atoms with E-state index in [1.165, 1.54) is 0 Å². The van der Waals surface area contributed by atoms with Gasteiger partial charge in [0.05, 0.1) is 5.92 Å². The van der Waals surface area contributed by atoms with E-state index in [9.17, 15) is 13.2 Å². The fourth-order valence-electron chi connectivity index (χ4n) is 1.90. The molecule has 2 aliphatic rings. The molecule has 0 aromatic heterocycles. The lowest BCUT2D eigenvalue weighted by molar-refractivity contribution is -0.154. The molecule has 4 heteroatoms. The van der Waals surface area contributed by atoms with E-state index in [1.54, 1.807) is 0 Å². The summed E-state index contributed by atoms with van der Waals surface area (Å²) in [6.45, 7) is 1.13. The Labute approximate surface area is 56.6 Å². The van der Waals surface area contributed by atoms with Crippen LogP contribution in [0.15, 0.2) is 0 Å². The first-order chi connectivity index (χ1) is 4.61. The Bertz CT molecular complexity index is 144. The van der Waals surface area contributed by atoms with Gasteiger partial charge in [0.2, 0.25) is 0 Å². The Morgan fingerprint density at radius 3 is 1.90 bits per heavy atom. The number of piperidine rings is 1. The predicted octanol–water partition coefficient (Wildman–Crippen LogP) is 1.01. The molecule has 0 bridgehead atoms. The molecule has 3 atom stereocenters. The van der Waals surface area contributed by atoms with Gasteiger partial charge in [0, 0.05) is 0 Å². The van der Waals surface area contributed by atoms with E-state index in [-0.39, 0.29) is 11.8 Å². The number of hydrogen-bond acceptors (Lipinski definition) is 1.